The Kier molecular flexibility index (Phi) is 3.42. The molecule has 1 heterocycles. The molecule has 2 aromatic rings. The highest BCUT2D eigenvalue weighted by Gasteiger charge is 2.16. The zero-order chi connectivity index (χ0) is 14.2. The van der Waals surface area contributed by atoms with Crippen molar-refractivity contribution in [3.8, 4) is 0 Å². The van der Waals surface area contributed by atoms with Crippen LogP contribution < -0.4 is 0 Å². The Morgan fingerprint density at radius 1 is 1.42 bits per heavy atom. The van der Waals surface area contributed by atoms with Gasteiger partial charge in [0.1, 0.15) is 0 Å². The van der Waals surface area contributed by atoms with Gasteiger partial charge in [0.15, 0.2) is 6.29 Å². The van der Waals surface area contributed by atoms with E-state index in [1.54, 1.807) is 18.3 Å². The van der Waals surface area contributed by atoms with Gasteiger partial charge in [-0.15, -0.1) is 0 Å². The molecule has 0 unspecified atom stereocenters. The average Bonchev–Trinajstić information content (AvgIpc) is 2.76. The fourth-order valence-electron chi connectivity index (χ4n) is 2.40. The van der Waals surface area contributed by atoms with Gasteiger partial charge in [-0.05, 0) is 38.0 Å². The Morgan fingerprint density at radius 3 is 2.58 bits per heavy atom. The minimum absolute atomic E-state index is 0.220. The van der Waals surface area contributed by atoms with E-state index in [-0.39, 0.29) is 11.6 Å². The van der Waals surface area contributed by atoms with Crippen LogP contribution in [0, 0.1) is 0 Å². The number of benzene rings is 1. The monoisotopic (exact) mass is 259 g/mol. The second-order valence-corrected chi connectivity index (χ2v) is 4.89. The number of nitrogens with zero attached hydrogens (tertiary/aromatic N) is 1. The molecule has 0 aliphatic carbocycles. The van der Waals surface area contributed by atoms with Crippen molar-refractivity contribution in [3.63, 3.8) is 0 Å². The third-order valence-electron chi connectivity index (χ3n) is 3.35. The van der Waals surface area contributed by atoms with E-state index >= 15 is 0 Å². The maximum absolute atomic E-state index is 11.2. The maximum Gasteiger partial charge on any atom is 0.335 e. The SMILES string of the molecule is CCc1cc(C(=O)O)cc2c(C=O)cn(C(C)C)c12. The zero-order valence-electron chi connectivity index (χ0n) is 11.3. The largest absolute Gasteiger partial charge is 0.478 e. The minimum Gasteiger partial charge on any atom is -0.478 e. The van der Waals surface area contributed by atoms with Crippen LogP contribution in [-0.2, 0) is 6.42 Å². The van der Waals surface area contributed by atoms with Crippen LogP contribution in [0.15, 0.2) is 18.3 Å². The summed E-state index contributed by atoms with van der Waals surface area (Å²) in [5, 5.41) is 9.87. The number of aldehydes is 1. The number of aryl methyl sites for hydroxylation is 1. The third-order valence-corrected chi connectivity index (χ3v) is 3.35. The van der Waals surface area contributed by atoms with E-state index in [0.29, 0.717) is 5.56 Å². The van der Waals surface area contributed by atoms with Crippen molar-refractivity contribution in [2.24, 2.45) is 0 Å². The highest BCUT2D eigenvalue weighted by atomic mass is 16.4. The number of aromatic nitrogens is 1. The standard InChI is InChI=1S/C15H17NO3/c1-4-10-5-11(15(18)19)6-13-12(8-17)7-16(9(2)3)14(10)13/h5-9H,4H2,1-3H3,(H,18,19). The molecule has 0 aliphatic heterocycles. The Morgan fingerprint density at radius 2 is 2.11 bits per heavy atom. The topological polar surface area (TPSA) is 59.3 Å². The van der Waals surface area contributed by atoms with Gasteiger partial charge < -0.3 is 9.67 Å². The Bertz CT molecular complexity index is 653. The summed E-state index contributed by atoms with van der Waals surface area (Å²) in [5.41, 5.74) is 2.69. The van der Waals surface area contributed by atoms with Crippen LogP contribution in [0.5, 0.6) is 0 Å². The minimum atomic E-state index is -0.967. The number of hydrogen-bond acceptors (Lipinski definition) is 2. The molecule has 0 saturated heterocycles. The molecule has 1 aromatic heterocycles. The summed E-state index contributed by atoms with van der Waals surface area (Å²) in [7, 11) is 0. The second kappa shape index (κ2) is 4.88. The van der Waals surface area contributed by atoms with Crippen LogP contribution in [-0.4, -0.2) is 21.9 Å². The van der Waals surface area contributed by atoms with E-state index < -0.39 is 5.97 Å². The van der Waals surface area contributed by atoms with Gasteiger partial charge in [0.25, 0.3) is 0 Å². The molecule has 0 spiro atoms. The lowest BCUT2D eigenvalue weighted by Gasteiger charge is -2.12. The smallest absolute Gasteiger partial charge is 0.335 e. The number of aromatic carboxylic acids is 1. The van der Waals surface area contributed by atoms with Crippen molar-refractivity contribution in [3.05, 3.63) is 35.0 Å². The van der Waals surface area contributed by atoms with Crippen molar-refractivity contribution in [1.29, 1.82) is 0 Å². The third kappa shape index (κ3) is 2.14. The first-order valence-corrected chi connectivity index (χ1v) is 6.35. The quantitative estimate of drug-likeness (QED) is 0.857. The number of rotatable bonds is 4. The summed E-state index contributed by atoms with van der Waals surface area (Å²) in [5.74, 6) is -0.967. The van der Waals surface area contributed by atoms with E-state index in [1.807, 2.05) is 25.3 Å². The molecule has 0 fully saturated rings. The van der Waals surface area contributed by atoms with E-state index in [9.17, 15) is 9.59 Å². The van der Waals surface area contributed by atoms with Gasteiger partial charge in [0, 0.05) is 23.2 Å². The average molecular weight is 259 g/mol. The number of hydrogen-bond donors (Lipinski definition) is 1. The summed E-state index contributed by atoms with van der Waals surface area (Å²) >= 11 is 0. The fourth-order valence-corrected chi connectivity index (χ4v) is 2.40. The normalized spacial score (nSPS) is 11.2. The highest BCUT2D eigenvalue weighted by Crippen LogP contribution is 2.29. The van der Waals surface area contributed by atoms with Crippen molar-refractivity contribution in [2.75, 3.05) is 0 Å². The Labute approximate surface area is 111 Å². The van der Waals surface area contributed by atoms with Gasteiger partial charge >= 0.3 is 5.97 Å². The van der Waals surface area contributed by atoms with Crippen LogP contribution in [0.2, 0.25) is 0 Å². The molecule has 1 N–H and O–H groups in total. The molecule has 0 radical (unpaired) electrons. The molecular weight excluding hydrogens is 242 g/mol. The van der Waals surface area contributed by atoms with Crippen LogP contribution in [0.1, 0.15) is 53.1 Å². The van der Waals surface area contributed by atoms with Crippen LogP contribution in [0.3, 0.4) is 0 Å². The van der Waals surface area contributed by atoms with Gasteiger partial charge in [-0.1, -0.05) is 6.92 Å². The first-order valence-electron chi connectivity index (χ1n) is 6.35. The maximum atomic E-state index is 11.2. The van der Waals surface area contributed by atoms with Crippen molar-refractivity contribution >= 4 is 23.2 Å². The van der Waals surface area contributed by atoms with Crippen LogP contribution in [0.4, 0.5) is 0 Å². The molecule has 0 atom stereocenters. The Balaban J connectivity index is 2.90. The molecule has 100 valence electrons. The molecule has 0 bridgehead atoms. The molecule has 19 heavy (non-hydrogen) atoms. The van der Waals surface area contributed by atoms with Crippen molar-refractivity contribution < 1.29 is 14.7 Å². The molecule has 0 saturated carbocycles. The van der Waals surface area contributed by atoms with E-state index in [0.717, 1.165) is 29.2 Å². The fraction of sp³-hybridized carbons (Fsp3) is 0.333. The summed E-state index contributed by atoms with van der Waals surface area (Å²) < 4.78 is 2.03. The lowest BCUT2D eigenvalue weighted by Crippen LogP contribution is -2.03. The van der Waals surface area contributed by atoms with Crippen LogP contribution >= 0.6 is 0 Å². The zero-order valence-corrected chi connectivity index (χ0v) is 11.3. The summed E-state index contributed by atoms with van der Waals surface area (Å²) in [6, 6.07) is 3.49. The number of carboxylic acid groups (broad SMARTS) is 1. The summed E-state index contributed by atoms with van der Waals surface area (Å²) in [6.07, 6.45) is 3.31. The van der Waals surface area contributed by atoms with E-state index in [2.05, 4.69) is 0 Å². The number of carbonyl (C=O) groups excluding carboxylic acids is 1. The predicted octanol–water partition coefficient (Wildman–Crippen LogP) is 3.30. The summed E-state index contributed by atoms with van der Waals surface area (Å²) in [4.78, 5) is 22.3. The molecule has 2 rings (SSSR count). The van der Waals surface area contributed by atoms with E-state index in [1.165, 1.54) is 0 Å². The first kappa shape index (κ1) is 13.3. The van der Waals surface area contributed by atoms with Gasteiger partial charge in [0.2, 0.25) is 0 Å². The van der Waals surface area contributed by atoms with Crippen molar-refractivity contribution in [2.45, 2.75) is 33.2 Å². The molecule has 0 aliphatic rings. The van der Waals surface area contributed by atoms with E-state index in [4.69, 9.17) is 5.11 Å². The number of carbonyl (C=O) groups is 2. The number of fused-ring (bicyclic) bond motifs is 1. The Hall–Kier alpha value is -2.10. The first-order chi connectivity index (χ1) is 8.99. The molecule has 0 amide bonds. The molecular formula is C15H17NO3. The number of carboxylic acids is 1. The van der Waals surface area contributed by atoms with Crippen molar-refractivity contribution in [1.82, 2.24) is 4.57 Å². The van der Waals surface area contributed by atoms with Gasteiger partial charge in [0.05, 0.1) is 11.1 Å². The van der Waals surface area contributed by atoms with Gasteiger partial charge in [-0.2, -0.15) is 0 Å². The summed E-state index contributed by atoms with van der Waals surface area (Å²) in [6.45, 7) is 6.07. The van der Waals surface area contributed by atoms with Gasteiger partial charge in [-0.25, -0.2) is 4.79 Å². The second-order valence-electron chi connectivity index (χ2n) is 4.89. The van der Waals surface area contributed by atoms with Gasteiger partial charge in [-0.3, -0.25) is 4.79 Å². The lowest BCUT2D eigenvalue weighted by molar-refractivity contribution is 0.0696. The van der Waals surface area contributed by atoms with Crippen LogP contribution in [0.25, 0.3) is 10.9 Å². The molecule has 4 nitrogen and oxygen atoms in total. The lowest BCUT2D eigenvalue weighted by atomic mass is 10.0. The molecule has 4 heteroatoms. The highest BCUT2D eigenvalue weighted by molar-refractivity contribution is 6.03. The predicted molar refractivity (Wildman–Crippen MR) is 74.0 cm³/mol. The molecule has 1 aromatic carbocycles.